The van der Waals surface area contributed by atoms with Gasteiger partial charge in [-0.3, -0.25) is 0 Å². The van der Waals surface area contributed by atoms with Crippen molar-refractivity contribution in [3.05, 3.63) is 12.7 Å². The maximum Gasteiger partial charge on any atom is 0.330 e. The standard InChI is InChI=1S/C7H13NO3.ClH/c1-2-7(10)11-5-6(9)3-4-8;/h2,6,9H,1,3-5,8H2;1H. The number of aliphatic hydroxyl groups excluding tert-OH is 1. The van der Waals surface area contributed by atoms with Crippen LogP contribution >= 0.6 is 12.4 Å². The van der Waals surface area contributed by atoms with E-state index in [1.807, 2.05) is 0 Å². The number of rotatable bonds is 5. The van der Waals surface area contributed by atoms with E-state index in [4.69, 9.17) is 10.8 Å². The molecule has 0 fully saturated rings. The fourth-order valence-electron chi connectivity index (χ4n) is 0.513. The Bertz CT molecular complexity index is 141. The lowest BCUT2D eigenvalue weighted by Crippen LogP contribution is -2.20. The third-order valence-corrected chi connectivity index (χ3v) is 1.08. The Morgan fingerprint density at radius 1 is 1.75 bits per heavy atom. The Morgan fingerprint density at radius 2 is 2.33 bits per heavy atom. The quantitative estimate of drug-likeness (QED) is 0.473. The summed E-state index contributed by atoms with van der Waals surface area (Å²) in [5, 5.41) is 9.00. The largest absolute Gasteiger partial charge is 0.460 e. The number of hydrogen-bond acceptors (Lipinski definition) is 4. The Hall–Kier alpha value is -0.580. The summed E-state index contributed by atoms with van der Waals surface area (Å²) in [6, 6.07) is 0. The minimum atomic E-state index is -0.663. The van der Waals surface area contributed by atoms with Gasteiger partial charge in [0.05, 0.1) is 6.10 Å². The van der Waals surface area contributed by atoms with Gasteiger partial charge in [-0.2, -0.15) is 0 Å². The summed E-state index contributed by atoms with van der Waals surface area (Å²) in [5.41, 5.74) is 5.15. The van der Waals surface area contributed by atoms with Crippen molar-refractivity contribution in [1.29, 1.82) is 0 Å². The van der Waals surface area contributed by atoms with Gasteiger partial charge in [-0.15, -0.1) is 12.4 Å². The molecule has 72 valence electrons. The first-order chi connectivity index (χ1) is 5.20. The molecule has 0 aliphatic carbocycles. The molecule has 0 aromatic carbocycles. The van der Waals surface area contributed by atoms with E-state index in [1.165, 1.54) is 0 Å². The van der Waals surface area contributed by atoms with Gasteiger partial charge in [0.15, 0.2) is 0 Å². The van der Waals surface area contributed by atoms with Gasteiger partial charge in [-0.05, 0) is 13.0 Å². The minimum Gasteiger partial charge on any atom is -0.460 e. The van der Waals surface area contributed by atoms with Crippen LogP contribution < -0.4 is 5.73 Å². The van der Waals surface area contributed by atoms with Crippen molar-refractivity contribution in [2.24, 2.45) is 5.73 Å². The van der Waals surface area contributed by atoms with Gasteiger partial charge >= 0.3 is 5.97 Å². The van der Waals surface area contributed by atoms with Gasteiger partial charge in [0.2, 0.25) is 0 Å². The zero-order valence-corrected chi connectivity index (χ0v) is 7.55. The van der Waals surface area contributed by atoms with E-state index in [-0.39, 0.29) is 19.0 Å². The normalized spacial score (nSPS) is 11.2. The molecule has 1 unspecified atom stereocenters. The van der Waals surface area contributed by atoms with E-state index < -0.39 is 12.1 Å². The van der Waals surface area contributed by atoms with Crippen molar-refractivity contribution in [2.75, 3.05) is 13.2 Å². The maximum atomic E-state index is 10.4. The molecule has 0 radical (unpaired) electrons. The Morgan fingerprint density at radius 3 is 2.75 bits per heavy atom. The van der Waals surface area contributed by atoms with Crippen molar-refractivity contribution in [1.82, 2.24) is 0 Å². The van der Waals surface area contributed by atoms with Crippen molar-refractivity contribution in [2.45, 2.75) is 12.5 Å². The molecular weight excluding hydrogens is 182 g/mol. The number of esters is 1. The molecule has 0 bridgehead atoms. The second kappa shape index (κ2) is 8.52. The molecule has 0 saturated carbocycles. The molecule has 0 spiro atoms. The highest BCUT2D eigenvalue weighted by molar-refractivity contribution is 5.85. The Kier molecular flexibility index (Phi) is 9.92. The number of carbonyl (C=O) groups excluding carboxylic acids is 1. The van der Waals surface area contributed by atoms with E-state index in [9.17, 15) is 4.79 Å². The average molecular weight is 196 g/mol. The van der Waals surface area contributed by atoms with Crippen LogP contribution in [0, 0.1) is 0 Å². The fourth-order valence-corrected chi connectivity index (χ4v) is 0.513. The van der Waals surface area contributed by atoms with Gasteiger partial charge in [-0.25, -0.2) is 4.79 Å². The average Bonchev–Trinajstić information content (AvgIpc) is 2.01. The molecule has 5 heteroatoms. The third-order valence-electron chi connectivity index (χ3n) is 1.08. The zero-order valence-electron chi connectivity index (χ0n) is 6.73. The lowest BCUT2D eigenvalue weighted by Gasteiger charge is -2.07. The van der Waals surface area contributed by atoms with Crippen molar-refractivity contribution in [3.63, 3.8) is 0 Å². The first kappa shape index (κ1) is 14.0. The molecule has 12 heavy (non-hydrogen) atoms. The van der Waals surface area contributed by atoms with Crippen molar-refractivity contribution < 1.29 is 14.6 Å². The number of ether oxygens (including phenoxy) is 1. The molecular formula is C7H14ClNO3. The smallest absolute Gasteiger partial charge is 0.330 e. The van der Waals surface area contributed by atoms with Gasteiger partial charge in [0.1, 0.15) is 6.61 Å². The lowest BCUT2D eigenvalue weighted by molar-refractivity contribution is -0.140. The van der Waals surface area contributed by atoms with E-state index in [2.05, 4.69) is 11.3 Å². The van der Waals surface area contributed by atoms with E-state index in [0.717, 1.165) is 6.08 Å². The van der Waals surface area contributed by atoms with E-state index in [0.29, 0.717) is 13.0 Å². The molecule has 0 heterocycles. The van der Waals surface area contributed by atoms with Gasteiger partial charge in [0.25, 0.3) is 0 Å². The summed E-state index contributed by atoms with van der Waals surface area (Å²) in [6.07, 6.45) is 0.823. The molecule has 0 amide bonds. The first-order valence-corrected chi connectivity index (χ1v) is 3.38. The molecule has 0 aliphatic heterocycles. The van der Waals surface area contributed by atoms with Crippen LogP contribution in [0.4, 0.5) is 0 Å². The SMILES string of the molecule is C=CC(=O)OCC(O)CCN.Cl. The van der Waals surface area contributed by atoms with E-state index >= 15 is 0 Å². The second-order valence-corrected chi connectivity index (χ2v) is 2.07. The van der Waals surface area contributed by atoms with Crippen LogP contribution in [0.5, 0.6) is 0 Å². The predicted molar refractivity (Wildman–Crippen MR) is 48.1 cm³/mol. The van der Waals surface area contributed by atoms with Crippen molar-refractivity contribution in [3.8, 4) is 0 Å². The predicted octanol–water partition coefficient (Wildman–Crippen LogP) is -0.153. The second-order valence-electron chi connectivity index (χ2n) is 2.07. The number of aliphatic hydroxyl groups is 1. The highest BCUT2D eigenvalue weighted by Gasteiger charge is 2.04. The van der Waals surface area contributed by atoms with Crippen LogP contribution in [-0.4, -0.2) is 30.3 Å². The summed E-state index contributed by atoms with van der Waals surface area (Å²) < 4.78 is 4.54. The third kappa shape index (κ3) is 7.53. The topological polar surface area (TPSA) is 72.5 Å². The van der Waals surface area contributed by atoms with Crippen LogP contribution in [0.1, 0.15) is 6.42 Å². The number of carbonyl (C=O) groups is 1. The van der Waals surface area contributed by atoms with Gasteiger partial charge in [-0.1, -0.05) is 6.58 Å². The summed E-state index contributed by atoms with van der Waals surface area (Å²) in [7, 11) is 0. The first-order valence-electron chi connectivity index (χ1n) is 3.38. The maximum absolute atomic E-state index is 10.4. The molecule has 0 aromatic rings. The summed E-state index contributed by atoms with van der Waals surface area (Å²) in [4.78, 5) is 10.4. The number of halogens is 1. The fraction of sp³-hybridized carbons (Fsp3) is 0.571. The van der Waals surface area contributed by atoms with Crippen LogP contribution in [0.15, 0.2) is 12.7 Å². The highest BCUT2D eigenvalue weighted by atomic mass is 35.5. The molecule has 0 saturated heterocycles. The molecule has 1 atom stereocenters. The van der Waals surface area contributed by atoms with Crippen LogP contribution in [0.3, 0.4) is 0 Å². The molecule has 0 aromatic heterocycles. The van der Waals surface area contributed by atoms with Gasteiger partial charge < -0.3 is 15.6 Å². The van der Waals surface area contributed by atoms with Crippen LogP contribution in [0.25, 0.3) is 0 Å². The summed E-state index contributed by atoms with van der Waals surface area (Å²) >= 11 is 0. The lowest BCUT2D eigenvalue weighted by atomic mass is 10.3. The Labute approximate surface area is 77.8 Å². The minimum absolute atomic E-state index is 0. The molecule has 0 rings (SSSR count). The molecule has 0 aliphatic rings. The monoisotopic (exact) mass is 195 g/mol. The van der Waals surface area contributed by atoms with E-state index in [1.54, 1.807) is 0 Å². The summed E-state index contributed by atoms with van der Waals surface area (Å²) in [5.74, 6) is -0.527. The van der Waals surface area contributed by atoms with Crippen LogP contribution in [0.2, 0.25) is 0 Å². The number of hydrogen-bond donors (Lipinski definition) is 2. The number of nitrogens with two attached hydrogens (primary N) is 1. The van der Waals surface area contributed by atoms with Crippen molar-refractivity contribution >= 4 is 18.4 Å². The summed E-state index contributed by atoms with van der Waals surface area (Å²) in [6.45, 7) is 3.57. The van der Waals surface area contributed by atoms with Crippen LogP contribution in [-0.2, 0) is 9.53 Å². The molecule has 4 nitrogen and oxygen atoms in total. The van der Waals surface area contributed by atoms with Gasteiger partial charge in [0, 0.05) is 6.08 Å². The zero-order chi connectivity index (χ0) is 8.69. The Balaban J connectivity index is 0. The molecule has 3 N–H and O–H groups in total. The highest BCUT2D eigenvalue weighted by Crippen LogP contribution is 1.90.